The van der Waals surface area contributed by atoms with Crippen LogP contribution < -0.4 is 4.57 Å². The van der Waals surface area contributed by atoms with Crippen molar-refractivity contribution < 1.29 is 21.8 Å². The fourth-order valence-corrected chi connectivity index (χ4v) is 3.19. The zero-order valence-corrected chi connectivity index (χ0v) is 12.9. The number of benzene rings is 2. The lowest BCUT2D eigenvalue weighted by molar-refractivity contribution is -0.689. The van der Waals surface area contributed by atoms with Crippen LogP contribution in [0.4, 0.5) is 17.3 Å². The van der Waals surface area contributed by atoms with E-state index in [2.05, 4.69) is 65.4 Å². The molecule has 0 bridgehead atoms. The number of aromatic nitrogens is 1. The number of hydrogen-bond acceptors (Lipinski definition) is 0. The van der Waals surface area contributed by atoms with Gasteiger partial charge in [-0.05, 0) is 11.6 Å². The second kappa shape index (κ2) is 6.63. The van der Waals surface area contributed by atoms with E-state index in [0.29, 0.717) is 0 Å². The second-order valence-corrected chi connectivity index (χ2v) is 5.70. The van der Waals surface area contributed by atoms with Crippen LogP contribution in [-0.2, 0) is 13.0 Å². The van der Waals surface area contributed by atoms with E-state index in [-0.39, 0.29) is 0 Å². The highest BCUT2D eigenvalue weighted by atomic mass is 19.5. The lowest BCUT2D eigenvalue weighted by Gasteiger charge is -2.08. The molecule has 0 aliphatic carbocycles. The average molecular weight is 333 g/mol. The van der Waals surface area contributed by atoms with Gasteiger partial charge in [0.2, 0.25) is 0 Å². The van der Waals surface area contributed by atoms with Crippen LogP contribution in [0.15, 0.2) is 60.8 Å². The molecule has 1 aromatic heterocycles. The number of aryl methyl sites for hydroxylation is 1. The molecule has 1 nitrogen and oxygen atoms in total. The number of nitrogens with zero attached hydrogens (tertiary/aromatic N) is 1. The summed E-state index contributed by atoms with van der Waals surface area (Å²) in [6.45, 7) is 1.15. The van der Waals surface area contributed by atoms with Crippen LogP contribution in [0.3, 0.4) is 0 Å². The third-order valence-corrected chi connectivity index (χ3v) is 4.04. The molecule has 2 heterocycles. The molecule has 3 aromatic rings. The minimum Gasteiger partial charge on any atom is -0.418 e. The van der Waals surface area contributed by atoms with E-state index in [1.54, 1.807) is 0 Å². The minimum atomic E-state index is -6.00. The zero-order valence-electron chi connectivity index (χ0n) is 12.9. The lowest BCUT2D eigenvalue weighted by atomic mass is 9.96. The summed E-state index contributed by atoms with van der Waals surface area (Å²) in [6.07, 6.45) is 4.76. The van der Waals surface area contributed by atoms with Crippen molar-refractivity contribution in [2.75, 3.05) is 0 Å². The Hall–Kier alpha value is -2.37. The number of pyridine rings is 1. The predicted molar refractivity (Wildman–Crippen MR) is 88.1 cm³/mol. The third-order valence-electron chi connectivity index (χ3n) is 4.04. The van der Waals surface area contributed by atoms with Crippen molar-refractivity contribution in [2.24, 2.45) is 0 Å². The molecule has 0 spiro atoms. The number of fused-ring (bicyclic) bond motifs is 2. The van der Waals surface area contributed by atoms with Crippen LogP contribution in [0.1, 0.15) is 12.1 Å². The van der Waals surface area contributed by atoms with E-state index in [1.807, 2.05) is 0 Å². The molecule has 2 aromatic carbocycles. The summed E-state index contributed by atoms with van der Waals surface area (Å²) in [6, 6.07) is 19.5. The first-order valence-electron chi connectivity index (χ1n) is 7.80. The highest BCUT2D eigenvalue weighted by molar-refractivity contribution is 6.50. The summed E-state index contributed by atoms with van der Waals surface area (Å²) in [5.74, 6) is 0. The van der Waals surface area contributed by atoms with Gasteiger partial charge in [0.25, 0.3) is 0 Å². The van der Waals surface area contributed by atoms with Crippen LogP contribution in [0, 0.1) is 0 Å². The molecule has 0 amide bonds. The van der Waals surface area contributed by atoms with Gasteiger partial charge < -0.3 is 17.3 Å². The Balaban J connectivity index is 0.000000300. The Morgan fingerprint density at radius 2 is 1.46 bits per heavy atom. The van der Waals surface area contributed by atoms with Gasteiger partial charge in [-0.3, -0.25) is 0 Å². The summed E-state index contributed by atoms with van der Waals surface area (Å²) >= 11 is 0. The van der Waals surface area contributed by atoms with Gasteiger partial charge in [0.15, 0.2) is 11.9 Å². The maximum Gasteiger partial charge on any atom is 0.673 e. The topological polar surface area (TPSA) is 3.88 Å². The number of rotatable bonds is 1. The smallest absolute Gasteiger partial charge is 0.418 e. The van der Waals surface area contributed by atoms with Gasteiger partial charge in [0.1, 0.15) is 6.54 Å². The molecule has 1 aliphatic heterocycles. The Morgan fingerprint density at radius 1 is 0.833 bits per heavy atom. The summed E-state index contributed by atoms with van der Waals surface area (Å²) < 4.78 is 41.4. The average Bonchev–Trinajstić information content (AvgIpc) is 2.99. The minimum absolute atomic E-state index is 1.15. The van der Waals surface area contributed by atoms with E-state index in [1.165, 1.54) is 40.4 Å². The van der Waals surface area contributed by atoms with Crippen molar-refractivity contribution >= 4 is 18.0 Å². The fourth-order valence-electron chi connectivity index (χ4n) is 3.19. The maximum atomic E-state index is 9.75. The van der Waals surface area contributed by atoms with Gasteiger partial charge in [0, 0.05) is 23.6 Å². The van der Waals surface area contributed by atoms with E-state index < -0.39 is 7.25 Å². The fraction of sp³-hybridized carbons (Fsp3) is 0.167. The number of halogens is 4. The molecule has 6 heteroatoms. The van der Waals surface area contributed by atoms with Crippen LogP contribution >= 0.6 is 0 Å². The van der Waals surface area contributed by atoms with Crippen molar-refractivity contribution in [2.45, 2.75) is 19.4 Å². The summed E-state index contributed by atoms with van der Waals surface area (Å²) in [7, 11) is -6.00. The Labute approximate surface area is 137 Å². The second-order valence-electron chi connectivity index (χ2n) is 5.70. The normalized spacial score (nSPS) is 13.3. The predicted octanol–water partition coefficient (Wildman–Crippen LogP) is 5.04. The molecule has 4 rings (SSSR count). The lowest BCUT2D eigenvalue weighted by Crippen LogP contribution is -2.33. The van der Waals surface area contributed by atoms with Crippen molar-refractivity contribution in [1.29, 1.82) is 0 Å². The van der Waals surface area contributed by atoms with Crippen LogP contribution in [-0.4, -0.2) is 7.25 Å². The van der Waals surface area contributed by atoms with Gasteiger partial charge in [-0.2, -0.15) is 0 Å². The first-order valence-corrected chi connectivity index (χ1v) is 7.80. The Morgan fingerprint density at radius 3 is 2.17 bits per heavy atom. The molecule has 0 radical (unpaired) electrons. The van der Waals surface area contributed by atoms with Crippen molar-refractivity contribution in [1.82, 2.24) is 0 Å². The van der Waals surface area contributed by atoms with Gasteiger partial charge >= 0.3 is 7.25 Å². The van der Waals surface area contributed by atoms with Gasteiger partial charge in [0.05, 0.1) is 5.56 Å². The SMILES string of the molecule is F[B-](F)(F)F.c1ccc(-c2c3[n+](cc4ccccc24)CCC3)cc1. The molecular weight excluding hydrogens is 317 g/mol. The van der Waals surface area contributed by atoms with Gasteiger partial charge in [-0.1, -0.05) is 48.5 Å². The molecule has 0 saturated carbocycles. The molecule has 0 unspecified atom stereocenters. The van der Waals surface area contributed by atoms with Crippen molar-refractivity contribution in [3.8, 4) is 11.1 Å². The molecule has 0 atom stereocenters. The maximum absolute atomic E-state index is 9.75. The van der Waals surface area contributed by atoms with Gasteiger partial charge in [-0.25, -0.2) is 4.57 Å². The summed E-state index contributed by atoms with van der Waals surface area (Å²) in [5.41, 5.74) is 4.26. The molecule has 0 saturated heterocycles. The summed E-state index contributed by atoms with van der Waals surface area (Å²) in [5, 5.41) is 2.72. The van der Waals surface area contributed by atoms with E-state index in [9.17, 15) is 17.3 Å². The number of hydrogen-bond donors (Lipinski definition) is 0. The summed E-state index contributed by atoms with van der Waals surface area (Å²) in [4.78, 5) is 0. The first-order chi connectivity index (χ1) is 11.4. The van der Waals surface area contributed by atoms with Crippen LogP contribution in [0.5, 0.6) is 0 Å². The van der Waals surface area contributed by atoms with E-state index in [0.717, 1.165) is 6.54 Å². The van der Waals surface area contributed by atoms with Gasteiger partial charge in [-0.15, -0.1) is 0 Å². The highest BCUT2D eigenvalue weighted by Crippen LogP contribution is 2.32. The monoisotopic (exact) mass is 333 g/mol. The first kappa shape index (κ1) is 16.5. The third kappa shape index (κ3) is 3.75. The Bertz CT molecular complexity index is 841. The highest BCUT2D eigenvalue weighted by Gasteiger charge is 2.25. The van der Waals surface area contributed by atoms with Crippen LogP contribution in [0.25, 0.3) is 21.9 Å². The molecule has 24 heavy (non-hydrogen) atoms. The molecule has 0 N–H and O–H groups in total. The molecular formula is C18H16BF4N. The quantitative estimate of drug-likeness (QED) is 0.334. The van der Waals surface area contributed by atoms with E-state index in [4.69, 9.17) is 0 Å². The van der Waals surface area contributed by atoms with Crippen LogP contribution in [0.2, 0.25) is 0 Å². The van der Waals surface area contributed by atoms with Crippen molar-refractivity contribution in [3.63, 3.8) is 0 Å². The van der Waals surface area contributed by atoms with E-state index >= 15 is 0 Å². The van der Waals surface area contributed by atoms with Crippen molar-refractivity contribution in [3.05, 3.63) is 66.5 Å². The Kier molecular flexibility index (Phi) is 4.56. The largest absolute Gasteiger partial charge is 0.673 e. The molecule has 124 valence electrons. The zero-order chi connectivity index (χ0) is 17.2. The molecule has 0 fully saturated rings. The molecule has 1 aliphatic rings. The standard InChI is InChI=1S/C18H16N.BF4/c1-2-7-14(8-3-1)18-16-10-5-4-9-15(16)13-19-12-6-11-17(18)19;2-1(3,4)5/h1-5,7-10,13H,6,11-12H2;/q+1;-1.